The molecule has 0 aliphatic carbocycles. The Morgan fingerprint density at radius 3 is 2.41 bits per heavy atom. The normalized spacial score (nSPS) is 22.4. The van der Waals surface area contributed by atoms with Crippen molar-refractivity contribution in [2.24, 2.45) is 5.92 Å². The Morgan fingerprint density at radius 2 is 1.69 bits per heavy atom. The summed E-state index contributed by atoms with van der Waals surface area (Å²) in [6, 6.07) is 20.2. The number of hydrogen-bond acceptors (Lipinski definition) is 6. The van der Waals surface area contributed by atoms with Gasteiger partial charge in [-0.1, -0.05) is 48.0 Å². The van der Waals surface area contributed by atoms with Crippen LogP contribution in [0.5, 0.6) is 11.5 Å². The molecule has 3 aromatic rings. The molecule has 2 fully saturated rings. The molecule has 0 aromatic heterocycles. The summed E-state index contributed by atoms with van der Waals surface area (Å²) < 4.78 is 5.26. The van der Waals surface area contributed by atoms with E-state index in [4.69, 9.17) is 21.2 Å². The van der Waals surface area contributed by atoms with E-state index < -0.39 is 29.9 Å². The van der Waals surface area contributed by atoms with Crippen LogP contribution in [-0.2, 0) is 14.4 Å². The number of hydroxylamine groups is 1. The van der Waals surface area contributed by atoms with Gasteiger partial charge < -0.3 is 9.84 Å². The Bertz CT molecular complexity index is 1200. The molecule has 0 bridgehead atoms. The lowest BCUT2D eigenvalue weighted by Gasteiger charge is -2.29. The maximum absolute atomic E-state index is 13.6. The number of methoxy groups -OCH3 is 1. The molecule has 0 spiro atoms. The number of anilines is 2. The van der Waals surface area contributed by atoms with Crippen molar-refractivity contribution >= 4 is 34.8 Å². The van der Waals surface area contributed by atoms with Gasteiger partial charge in [0.25, 0.3) is 5.91 Å². The fourth-order valence-electron chi connectivity index (χ4n) is 4.30. The zero-order chi connectivity index (χ0) is 22.4. The highest BCUT2D eigenvalue weighted by atomic mass is 35.5. The van der Waals surface area contributed by atoms with Crippen molar-refractivity contribution in [3.8, 4) is 11.5 Å². The van der Waals surface area contributed by atoms with Crippen LogP contribution in [0.3, 0.4) is 0 Å². The van der Waals surface area contributed by atoms with Gasteiger partial charge in [-0.05, 0) is 42.0 Å². The maximum atomic E-state index is 13.6. The number of para-hydroxylation sites is 2. The SMILES string of the molecule is COc1cc([C@@H]2[C@H]3C(=O)N(c4ccccc4Cl)C(=O)[C@H]3ON2c2ccccc2)ccc1O. The van der Waals surface area contributed by atoms with Crippen molar-refractivity contribution in [3.05, 3.63) is 83.4 Å². The molecule has 2 aliphatic rings. The number of halogens is 1. The second kappa shape index (κ2) is 7.85. The molecule has 3 atom stereocenters. The molecule has 7 nitrogen and oxygen atoms in total. The summed E-state index contributed by atoms with van der Waals surface area (Å²) in [6.45, 7) is 0. The smallest absolute Gasteiger partial charge is 0.266 e. The number of fused-ring (bicyclic) bond motifs is 1. The quantitative estimate of drug-likeness (QED) is 0.603. The summed E-state index contributed by atoms with van der Waals surface area (Å²) in [6.07, 6.45) is -1.01. The molecule has 2 heterocycles. The Hall–Kier alpha value is -3.55. The summed E-state index contributed by atoms with van der Waals surface area (Å²) in [5, 5.41) is 11.9. The first kappa shape index (κ1) is 20.4. The summed E-state index contributed by atoms with van der Waals surface area (Å²) in [7, 11) is 1.45. The molecule has 3 aromatic carbocycles. The van der Waals surface area contributed by atoms with Crippen LogP contribution in [0.25, 0.3) is 0 Å². The molecule has 5 rings (SSSR count). The third-order valence-corrected chi connectivity index (χ3v) is 6.08. The maximum Gasteiger partial charge on any atom is 0.266 e. The zero-order valence-electron chi connectivity index (χ0n) is 17.0. The van der Waals surface area contributed by atoms with Crippen molar-refractivity contribution in [1.29, 1.82) is 0 Å². The molecular weight excluding hydrogens is 432 g/mol. The predicted molar refractivity (Wildman–Crippen MR) is 119 cm³/mol. The number of phenols is 1. The van der Waals surface area contributed by atoms with Crippen molar-refractivity contribution in [2.75, 3.05) is 17.1 Å². The van der Waals surface area contributed by atoms with Crippen LogP contribution in [0.4, 0.5) is 11.4 Å². The van der Waals surface area contributed by atoms with Crippen LogP contribution in [0.1, 0.15) is 11.6 Å². The van der Waals surface area contributed by atoms with Crippen LogP contribution in [-0.4, -0.2) is 30.1 Å². The molecule has 2 aliphatic heterocycles. The molecule has 162 valence electrons. The lowest BCUT2D eigenvalue weighted by molar-refractivity contribution is -0.126. The molecule has 8 heteroatoms. The standard InChI is InChI=1S/C24H19ClN2O5/c1-31-19-13-14(11-12-18(19)28)21-20-22(32-27(21)15-7-3-2-4-8-15)24(30)26(23(20)29)17-10-6-5-9-16(17)25/h2-13,20-22,28H,1H3/t20-,21-,22+/m1/s1. The largest absolute Gasteiger partial charge is 0.504 e. The number of aromatic hydroxyl groups is 1. The fraction of sp³-hybridized carbons (Fsp3) is 0.167. The van der Waals surface area contributed by atoms with Crippen molar-refractivity contribution in [2.45, 2.75) is 12.1 Å². The third-order valence-electron chi connectivity index (χ3n) is 5.76. The highest BCUT2D eigenvalue weighted by Crippen LogP contribution is 2.49. The molecule has 0 radical (unpaired) electrons. The highest BCUT2D eigenvalue weighted by molar-refractivity contribution is 6.36. The van der Waals surface area contributed by atoms with Crippen LogP contribution in [0, 0.1) is 5.92 Å². The van der Waals surface area contributed by atoms with E-state index in [-0.39, 0.29) is 11.5 Å². The number of amides is 2. The second-order valence-electron chi connectivity index (χ2n) is 7.55. The first-order valence-electron chi connectivity index (χ1n) is 10.0. The average Bonchev–Trinajstić information content (AvgIpc) is 3.31. The molecule has 2 amide bonds. The number of carbonyl (C=O) groups excluding carboxylic acids is 2. The number of carbonyl (C=O) groups is 2. The van der Waals surface area contributed by atoms with E-state index in [1.54, 1.807) is 41.5 Å². The number of ether oxygens (including phenoxy) is 1. The van der Waals surface area contributed by atoms with Gasteiger partial charge >= 0.3 is 0 Å². The van der Waals surface area contributed by atoms with Crippen LogP contribution in [0.2, 0.25) is 5.02 Å². The van der Waals surface area contributed by atoms with Gasteiger partial charge in [0.05, 0.1) is 29.5 Å². The number of nitrogens with zero attached hydrogens (tertiary/aromatic N) is 2. The Kier molecular flexibility index (Phi) is 5.00. The Balaban J connectivity index is 1.62. The van der Waals surface area contributed by atoms with E-state index >= 15 is 0 Å². The summed E-state index contributed by atoms with van der Waals surface area (Å²) >= 11 is 6.28. The van der Waals surface area contributed by atoms with E-state index in [0.717, 1.165) is 4.90 Å². The first-order chi connectivity index (χ1) is 15.5. The minimum atomic E-state index is -1.01. The van der Waals surface area contributed by atoms with E-state index in [0.29, 0.717) is 22.0 Å². The summed E-state index contributed by atoms with van der Waals surface area (Å²) in [5.41, 5.74) is 1.69. The average molecular weight is 451 g/mol. The zero-order valence-corrected chi connectivity index (χ0v) is 17.8. The Morgan fingerprint density at radius 1 is 0.969 bits per heavy atom. The minimum absolute atomic E-state index is 0.0236. The molecule has 0 unspecified atom stereocenters. The number of imide groups is 1. The van der Waals surface area contributed by atoms with Gasteiger partial charge in [-0.3, -0.25) is 14.4 Å². The molecular formula is C24H19ClN2O5. The van der Waals surface area contributed by atoms with Gasteiger partial charge in [0.15, 0.2) is 17.6 Å². The van der Waals surface area contributed by atoms with Gasteiger partial charge in [-0.15, -0.1) is 0 Å². The minimum Gasteiger partial charge on any atom is -0.504 e. The van der Waals surface area contributed by atoms with Gasteiger partial charge in [0.2, 0.25) is 5.91 Å². The van der Waals surface area contributed by atoms with Crippen molar-refractivity contribution < 1.29 is 24.3 Å². The van der Waals surface area contributed by atoms with E-state index in [1.807, 2.05) is 30.3 Å². The summed E-state index contributed by atoms with van der Waals surface area (Å²) in [5.74, 6) is -1.44. The van der Waals surface area contributed by atoms with Gasteiger partial charge in [0.1, 0.15) is 5.92 Å². The van der Waals surface area contributed by atoms with E-state index in [2.05, 4.69) is 0 Å². The van der Waals surface area contributed by atoms with Crippen LogP contribution >= 0.6 is 11.6 Å². The first-order valence-corrected chi connectivity index (χ1v) is 10.4. The number of phenolic OH excluding ortho intramolecular Hbond substituents is 1. The van der Waals surface area contributed by atoms with Crippen LogP contribution < -0.4 is 14.7 Å². The van der Waals surface area contributed by atoms with Gasteiger partial charge in [-0.2, -0.15) is 0 Å². The van der Waals surface area contributed by atoms with Gasteiger partial charge in [0, 0.05) is 0 Å². The molecule has 32 heavy (non-hydrogen) atoms. The van der Waals surface area contributed by atoms with E-state index in [9.17, 15) is 14.7 Å². The topological polar surface area (TPSA) is 79.3 Å². The monoisotopic (exact) mass is 450 g/mol. The van der Waals surface area contributed by atoms with Gasteiger partial charge in [-0.25, -0.2) is 9.96 Å². The lowest BCUT2D eigenvalue weighted by atomic mass is 9.90. The lowest BCUT2D eigenvalue weighted by Crippen LogP contribution is -2.37. The van der Waals surface area contributed by atoms with Crippen LogP contribution in [0.15, 0.2) is 72.8 Å². The molecule has 2 saturated heterocycles. The predicted octanol–water partition coefficient (Wildman–Crippen LogP) is 4.11. The summed E-state index contributed by atoms with van der Waals surface area (Å²) in [4.78, 5) is 34.1. The highest BCUT2D eigenvalue weighted by Gasteiger charge is 2.60. The third kappa shape index (κ3) is 3.09. The van der Waals surface area contributed by atoms with Crippen molar-refractivity contribution in [1.82, 2.24) is 0 Å². The Labute approximate surface area is 189 Å². The number of hydrogen-bond donors (Lipinski definition) is 1. The second-order valence-corrected chi connectivity index (χ2v) is 7.96. The number of rotatable bonds is 4. The van der Waals surface area contributed by atoms with Crippen molar-refractivity contribution in [3.63, 3.8) is 0 Å². The molecule has 1 N–H and O–H groups in total. The van der Waals surface area contributed by atoms with E-state index in [1.165, 1.54) is 13.2 Å². The number of benzene rings is 3. The fourth-order valence-corrected chi connectivity index (χ4v) is 4.52. The molecule has 0 saturated carbocycles.